The molecule has 0 fully saturated rings. The second-order valence-corrected chi connectivity index (χ2v) is 4.96. The van der Waals surface area contributed by atoms with Gasteiger partial charge in [0.05, 0.1) is 15.7 Å². The molecule has 4 nitrogen and oxygen atoms in total. The standard InChI is InChI=1S/C13H10Cl2N4/c1-7-5-6-17-12-11(7)18-13(16)19(12)9-4-2-3-8(14)10(9)15/h2-6H,1H3,(H2,16,18). The molecule has 2 N–H and O–H groups in total. The van der Waals surface area contributed by atoms with Crippen LogP contribution in [-0.4, -0.2) is 14.5 Å². The van der Waals surface area contributed by atoms with Crippen LogP contribution in [0.3, 0.4) is 0 Å². The molecule has 0 atom stereocenters. The maximum absolute atomic E-state index is 6.23. The van der Waals surface area contributed by atoms with Crippen molar-refractivity contribution in [3.63, 3.8) is 0 Å². The van der Waals surface area contributed by atoms with Gasteiger partial charge in [-0.15, -0.1) is 0 Å². The van der Waals surface area contributed by atoms with Crippen LogP contribution in [0.1, 0.15) is 5.56 Å². The van der Waals surface area contributed by atoms with E-state index in [1.165, 1.54) is 0 Å². The van der Waals surface area contributed by atoms with Crippen LogP contribution in [0.2, 0.25) is 10.0 Å². The maximum Gasteiger partial charge on any atom is 0.207 e. The van der Waals surface area contributed by atoms with Crippen LogP contribution in [0, 0.1) is 6.92 Å². The molecule has 0 unspecified atom stereocenters. The lowest BCUT2D eigenvalue weighted by atomic mass is 10.2. The van der Waals surface area contributed by atoms with Gasteiger partial charge in [-0.05, 0) is 30.7 Å². The van der Waals surface area contributed by atoms with Crippen molar-refractivity contribution < 1.29 is 0 Å². The number of aromatic nitrogens is 3. The molecule has 3 rings (SSSR count). The number of halogens is 2. The Hall–Kier alpha value is -1.78. The quantitative estimate of drug-likeness (QED) is 0.745. The molecule has 2 heterocycles. The van der Waals surface area contributed by atoms with E-state index in [0.29, 0.717) is 27.3 Å². The van der Waals surface area contributed by atoms with Crippen molar-refractivity contribution >= 4 is 40.3 Å². The van der Waals surface area contributed by atoms with E-state index in [2.05, 4.69) is 9.97 Å². The number of nitrogens with zero attached hydrogens (tertiary/aromatic N) is 3. The van der Waals surface area contributed by atoms with Gasteiger partial charge in [-0.25, -0.2) is 9.97 Å². The Balaban J connectivity index is 2.40. The highest BCUT2D eigenvalue weighted by Gasteiger charge is 2.15. The summed E-state index contributed by atoms with van der Waals surface area (Å²) >= 11 is 12.3. The van der Waals surface area contributed by atoms with Crippen molar-refractivity contribution in [2.24, 2.45) is 0 Å². The first-order valence-corrected chi connectivity index (χ1v) is 6.39. The summed E-state index contributed by atoms with van der Waals surface area (Å²) in [6, 6.07) is 7.25. The predicted molar refractivity (Wildman–Crippen MR) is 78.0 cm³/mol. The second kappa shape index (κ2) is 4.40. The fraction of sp³-hybridized carbons (Fsp3) is 0.0769. The molecule has 0 aliphatic rings. The minimum atomic E-state index is 0.334. The van der Waals surface area contributed by atoms with Crippen LogP contribution in [-0.2, 0) is 0 Å². The molecular weight excluding hydrogens is 283 g/mol. The number of nitrogens with two attached hydrogens (primary N) is 1. The van der Waals surface area contributed by atoms with Crippen molar-refractivity contribution in [2.75, 3.05) is 5.73 Å². The lowest BCUT2D eigenvalue weighted by molar-refractivity contribution is 1.08. The third kappa shape index (κ3) is 1.84. The Morgan fingerprint density at radius 3 is 2.79 bits per heavy atom. The van der Waals surface area contributed by atoms with E-state index in [1.54, 1.807) is 16.8 Å². The van der Waals surface area contributed by atoms with E-state index >= 15 is 0 Å². The molecule has 0 saturated heterocycles. The topological polar surface area (TPSA) is 56.7 Å². The predicted octanol–water partition coefficient (Wildman–Crippen LogP) is 3.62. The van der Waals surface area contributed by atoms with Crippen LogP contribution < -0.4 is 5.73 Å². The number of hydrogen-bond acceptors (Lipinski definition) is 3. The first-order chi connectivity index (χ1) is 9.09. The van der Waals surface area contributed by atoms with Gasteiger partial charge in [0.15, 0.2) is 5.65 Å². The van der Waals surface area contributed by atoms with Gasteiger partial charge in [0.1, 0.15) is 5.52 Å². The monoisotopic (exact) mass is 292 g/mol. The van der Waals surface area contributed by atoms with Crippen LogP contribution >= 0.6 is 23.2 Å². The molecule has 6 heteroatoms. The fourth-order valence-corrected chi connectivity index (χ4v) is 2.39. The molecule has 0 spiro atoms. The minimum absolute atomic E-state index is 0.334. The summed E-state index contributed by atoms with van der Waals surface area (Å²) in [4.78, 5) is 8.67. The van der Waals surface area contributed by atoms with Gasteiger partial charge in [0.25, 0.3) is 0 Å². The summed E-state index contributed by atoms with van der Waals surface area (Å²) in [7, 11) is 0. The molecule has 0 aliphatic heterocycles. The fourth-order valence-electron chi connectivity index (χ4n) is 2.01. The number of anilines is 1. The number of fused-ring (bicyclic) bond motifs is 1. The molecule has 1 aromatic carbocycles. The van der Waals surface area contributed by atoms with Gasteiger partial charge in [-0.1, -0.05) is 29.3 Å². The number of hydrogen-bond donors (Lipinski definition) is 1. The zero-order valence-corrected chi connectivity index (χ0v) is 11.6. The van der Waals surface area contributed by atoms with Crippen LogP contribution in [0.15, 0.2) is 30.5 Å². The summed E-state index contributed by atoms with van der Waals surface area (Å²) < 4.78 is 1.70. The highest BCUT2D eigenvalue weighted by Crippen LogP contribution is 2.32. The number of imidazole rings is 1. The third-order valence-corrected chi connectivity index (χ3v) is 3.75. The Morgan fingerprint density at radius 1 is 1.21 bits per heavy atom. The SMILES string of the molecule is Cc1ccnc2c1nc(N)n2-c1cccc(Cl)c1Cl. The van der Waals surface area contributed by atoms with Crippen molar-refractivity contribution in [1.29, 1.82) is 0 Å². The van der Waals surface area contributed by atoms with Crippen molar-refractivity contribution in [3.8, 4) is 5.69 Å². The second-order valence-electron chi connectivity index (χ2n) is 4.18. The molecular formula is C13H10Cl2N4. The normalized spacial score (nSPS) is 11.1. The molecule has 2 aromatic heterocycles. The van der Waals surface area contributed by atoms with E-state index in [1.807, 2.05) is 25.1 Å². The van der Waals surface area contributed by atoms with Gasteiger partial charge in [-0.3, -0.25) is 4.57 Å². The summed E-state index contributed by atoms with van der Waals surface area (Å²) in [5.41, 5.74) is 9.09. The van der Waals surface area contributed by atoms with E-state index in [9.17, 15) is 0 Å². The Labute approximate surface area is 119 Å². The van der Waals surface area contributed by atoms with E-state index in [4.69, 9.17) is 28.9 Å². The molecule has 0 bridgehead atoms. The van der Waals surface area contributed by atoms with Crippen LogP contribution in [0.5, 0.6) is 0 Å². The first-order valence-electron chi connectivity index (χ1n) is 5.63. The highest BCUT2D eigenvalue weighted by atomic mass is 35.5. The molecule has 19 heavy (non-hydrogen) atoms. The first kappa shape index (κ1) is 12.3. The van der Waals surface area contributed by atoms with Crippen molar-refractivity contribution in [1.82, 2.24) is 14.5 Å². The van der Waals surface area contributed by atoms with Gasteiger partial charge in [0, 0.05) is 6.20 Å². The van der Waals surface area contributed by atoms with E-state index in [0.717, 1.165) is 11.1 Å². The summed E-state index contributed by atoms with van der Waals surface area (Å²) in [6.07, 6.45) is 1.72. The smallest absolute Gasteiger partial charge is 0.207 e. The largest absolute Gasteiger partial charge is 0.369 e. The van der Waals surface area contributed by atoms with E-state index in [-0.39, 0.29) is 0 Å². The highest BCUT2D eigenvalue weighted by molar-refractivity contribution is 6.43. The Kier molecular flexibility index (Phi) is 2.84. The lowest BCUT2D eigenvalue weighted by Crippen LogP contribution is -2.02. The van der Waals surface area contributed by atoms with Gasteiger partial charge < -0.3 is 5.73 Å². The third-order valence-electron chi connectivity index (χ3n) is 2.95. The van der Waals surface area contributed by atoms with Crippen molar-refractivity contribution in [3.05, 3.63) is 46.1 Å². The Bertz CT molecular complexity index is 780. The molecule has 0 radical (unpaired) electrons. The minimum Gasteiger partial charge on any atom is -0.369 e. The average molecular weight is 293 g/mol. The van der Waals surface area contributed by atoms with Gasteiger partial charge >= 0.3 is 0 Å². The average Bonchev–Trinajstić information content (AvgIpc) is 2.71. The molecule has 0 aliphatic carbocycles. The maximum atomic E-state index is 6.23. The van der Waals surface area contributed by atoms with Crippen LogP contribution in [0.4, 0.5) is 5.95 Å². The summed E-state index contributed by atoms with van der Waals surface area (Å²) in [6.45, 7) is 1.96. The number of benzene rings is 1. The number of rotatable bonds is 1. The molecule has 3 aromatic rings. The summed E-state index contributed by atoms with van der Waals surface area (Å²) in [5, 5.41) is 0.895. The molecule has 96 valence electrons. The zero-order chi connectivity index (χ0) is 13.6. The van der Waals surface area contributed by atoms with Gasteiger partial charge in [-0.2, -0.15) is 0 Å². The Morgan fingerprint density at radius 2 is 2.00 bits per heavy atom. The molecule has 0 amide bonds. The summed E-state index contributed by atoms with van der Waals surface area (Å²) in [5.74, 6) is 0.334. The van der Waals surface area contributed by atoms with Gasteiger partial charge in [0.2, 0.25) is 5.95 Å². The number of nitrogen functional groups attached to an aromatic ring is 1. The van der Waals surface area contributed by atoms with Crippen LogP contribution in [0.25, 0.3) is 16.9 Å². The number of pyridine rings is 1. The molecule has 0 saturated carbocycles. The zero-order valence-electron chi connectivity index (χ0n) is 10.1. The lowest BCUT2D eigenvalue weighted by Gasteiger charge is -2.09. The number of aryl methyl sites for hydroxylation is 1. The van der Waals surface area contributed by atoms with E-state index < -0.39 is 0 Å². The van der Waals surface area contributed by atoms with Crippen molar-refractivity contribution in [2.45, 2.75) is 6.92 Å².